The molecule has 1 aliphatic heterocycles. The molecule has 2 rings (SSSR count). The fraction of sp³-hybridized carbons (Fsp3) is 0.667. The lowest BCUT2D eigenvalue weighted by Gasteiger charge is -2.14. The predicted octanol–water partition coefficient (Wildman–Crippen LogP) is -0.0749. The predicted molar refractivity (Wildman–Crippen MR) is 68.0 cm³/mol. The number of carbonyl (C=O) groups is 2. The van der Waals surface area contributed by atoms with Crippen LogP contribution in [0.25, 0.3) is 0 Å². The zero-order chi connectivity index (χ0) is 13.8. The van der Waals surface area contributed by atoms with Crippen molar-refractivity contribution in [2.75, 3.05) is 6.54 Å². The van der Waals surface area contributed by atoms with Crippen LogP contribution in [0.3, 0.4) is 0 Å². The molecule has 1 aromatic rings. The summed E-state index contributed by atoms with van der Waals surface area (Å²) in [6, 6.07) is -0.430. The average molecular weight is 265 g/mol. The molecule has 104 valence electrons. The van der Waals surface area contributed by atoms with Gasteiger partial charge in [0, 0.05) is 13.1 Å². The Bertz CT molecular complexity index is 470. The van der Waals surface area contributed by atoms with Crippen LogP contribution in [0.1, 0.15) is 32.5 Å². The van der Waals surface area contributed by atoms with Gasteiger partial charge in [-0.2, -0.15) is 0 Å². The summed E-state index contributed by atoms with van der Waals surface area (Å²) < 4.78 is 1.90. The van der Waals surface area contributed by atoms with E-state index in [-0.39, 0.29) is 18.2 Å². The van der Waals surface area contributed by atoms with E-state index >= 15 is 0 Å². The number of rotatable bonds is 6. The Morgan fingerprint density at radius 1 is 1.42 bits per heavy atom. The molecule has 1 unspecified atom stereocenters. The molecular formula is C12H19N5O2. The van der Waals surface area contributed by atoms with Gasteiger partial charge in [0.25, 0.3) is 0 Å². The SMILES string of the molecule is CCCN1C(=O)CC(NCc2nncn2CC)C1=O. The van der Waals surface area contributed by atoms with Gasteiger partial charge >= 0.3 is 0 Å². The van der Waals surface area contributed by atoms with E-state index in [2.05, 4.69) is 15.5 Å². The fourth-order valence-corrected chi connectivity index (χ4v) is 2.20. The summed E-state index contributed by atoms with van der Waals surface area (Å²) in [7, 11) is 0. The molecule has 2 amide bonds. The van der Waals surface area contributed by atoms with Gasteiger partial charge in [-0.1, -0.05) is 6.92 Å². The molecule has 0 radical (unpaired) electrons. The van der Waals surface area contributed by atoms with Gasteiger partial charge in [0.2, 0.25) is 11.8 Å². The number of amides is 2. The minimum atomic E-state index is -0.430. The molecule has 0 aromatic carbocycles. The Labute approximate surface area is 112 Å². The summed E-state index contributed by atoms with van der Waals surface area (Å²) in [4.78, 5) is 25.1. The van der Waals surface area contributed by atoms with Crippen LogP contribution < -0.4 is 5.32 Å². The number of nitrogens with one attached hydrogen (secondary N) is 1. The summed E-state index contributed by atoms with van der Waals surface area (Å²) in [6.45, 7) is 5.67. The first-order valence-corrected chi connectivity index (χ1v) is 6.61. The Morgan fingerprint density at radius 3 is 2.89 bits per heavy atom. The first-order chi connectivity index (χ1) is 9.17. The van der Waals surface area contributed by atoms with Crippen LogP contribution in [-0.4, -0.2) is 44.1 Å². The minimum Gasteiger partial charge on any atom is -0.317 e. The average Bonchev–Trinajstić information content (AvgIpc) is 2.96. The number of nitrogens with zero attached hydrogens (tertiary/aromatic N) is 4. The number of likely N-dealkylation sites (tertiary alicyclic amines) is 1. The third-order valence-electron chi connectivity index (χ3n) is 3.23. The molecule has 1 aromatic heterocycles. The summed E-state index contributed by atoms with van der Waals surface area (Å²) >= 11 is 0. The molecule has 2 heterocycles. The standard InChI is InChI=1S/C12H19N5O2/c1-3-5-17-11(18)6-9(12(17)19)13-7-10-15-14-8-16(10)4-2/h8-9,13H,3-7H2,1-2H3. The second kappa shape index (κ2) is 5.92. The maximum atomic E-state index is 12.0. The molecule has 1 saturated heterocycles. The van der Waals surface area contributed by atoms with Crippen molar-refractivity contribution in [3.05, 3.63) is 12.2 Å². The molecule has 0 spiro atoms. The first-order valence-electron chi connectivity index (χ1n) is 6.61. The number of imide groups is 1. The lowest BCUT2D eigenvalue weighted by Crippen LogP contribution is -2.39. The van der Waals surface area contributed by atoms with E-state index < -0.39 is 6.04 Å². The van der Waals surface area contributed by atoms with Gasteiger partial charge in [-0.25, -0.2) is 0 Å². The molecule has 1 fully saturated rings. The topological polar surface area (TPSA) is 80.1 Å². The smallest absolute Gasteiger partial charge is 0.246 e. The van der Waals surface area contributed by atoms with E-state index in [0.29, 0.717) is 13.1 Å². The van der Waals surface area contributed by atoms with Crippen molar-refractivity contribution < 1.29 is 9.59 Å². The van der Waals surface area contributed by atoms with Gasteiger partial charge in [0.1, 0.15) is 12.2 Å². The van der Waals surface area contributed by atoms with Gasteiger partial charge in [-0.3, -0.25) is 19.8 Å². The highest BCUT2D eigenvalue weighted by Gasteiger charge is 2.37. The summed E-state index contributed by atoms with van der Waals surface area (Å²) in [5, 5.41) is 10.9. The Morgan fingerprint density at radius 2 is 2.21 bits per heavy atom. The van der Waals surface area contributed by atoms with Crippen molar-refractivity contribution in [2.45, 2.75) is 45.8 Å². The zero-order valence-corrected chi connectivity index (χ0v) is 11.3. The van der Waals surface area contributed by atoms with Gasteiger partial charge < -0.3 is 4.57 Å². The van der Waals surface area contributed by atoms with Crippen molar-refractivity contribution in [1.29, 1.82) is 0 Å². The monoisotopic (exact) mass is 265 g/mol. The number of hydrogen-bond donors (Lipinski definition) is 1. The van der Waals surface area contributed by atoms with Gasteiger partial charge in [-0.05, 0) is 13.3 Å². The number of hydrogen-bond acceptors (Lipinski definition) is 5. The highest BCUT2D eigenvalue weighted by Crippen LogP contribution is 2.13. The maximum absolute atomic E-state index is 12.0. The lowest BCUT2D eigenvalue weighted by atomic mass is 10.2. The van der Waals surface area contributed by atoms with Crippen LogP contribution in [0.4, 0.5) is 0 Å². The molecule has 1 atom stereocenters. The van der Waals surface area contributed by atoms with Gasteiger partial charge in [0.15, 0.2) is 0 Å². The minimum absolute atomic E-state index is 0.0960. The fourth-order valence-electron chi connectivity index (χ4n) is 2.20. The van der Waals surface area contributed by atoms with Crippen LogP contribution in [-0.2, 0) is 22.7 Å². The summed E-state index contributed by atoms with van der Waals surface area (Å²) in [5.41, 5.74) is 0. The van der Waals surface area contributed by atoms with Crippen molar-refractivity contribution >= 4 is 11.8 Å². The normalized spacial score (nSPS) is 19.5. The van der Waals surface area contributed by atoms with Crippen molar-refractivity contribution in [3.8, 4) is 0 Å². The highest BCUT2D eigenvalue weighted by atomic mass is 16.2. The van der Waals surface area contributed by atoms with Crippen LogP contribution in [0.15, 0.2) is 6.33 Å². The zero-order valence-electron chi connectivity index (χ0n) is 11.3. The van der Waals surface area contributed by atoms with Crippen LogP contribution >= 0.6 is 0 Å². The molecule has 0 saturated carbocycles. The second-order valence-electron chi connectivity index (χ2n) is 4.55. The third kappa shape index (κ3) is 2.81. The van der Waals surface area contributed by atoms with Gasteiger partial charge in [0.05, 0.1) is 19.0 Å². The highest BCUT2D eigenvalue weighted by molar-refractivity contribution is 6.05. The largest absolute Gasteiger partial charge is 0.317 e. The molecule has 1 N–H and O–H groups in total. The van der Waals surface area contributed by atoms with E-state index in [1.807, 2.05) is 18.4 Å². The van der Waals surface area contributed by atoms with E-state index in [4.69, 9.17) is 0 Å². The van der Waals surface area contributed by atoms with Crippen molar-refractivity contribution in [2.24, 2.45) is 0 Å². The molecule has 7 nitrogen and oxygen atoms in total. The first kappa shape index (κ1) is 13.7. The van der Waals surface area contributed by atoms with E-state index in [0.717, 1.165) is 18.8 Å². The third-order valence-corrected chi connectivity index (χ3v) is 3.23. The maximum Gasteiger partial charge on any atom is 0.246 e. The Balaban J connectivity index is 1.94. The van der Waals surface area contributed by atoms with E-state index in [1.165, 1.54) is 4.90 Å². The molecule has 1 aliphatic rings. The van der Waals surface area contributed by atoms with Crippen molar-refractivity contribution in [1.82, 2.24) is 25.0 Å². The number of carbonyl (C=O) groups excluding carboxylic acids is 2. The molecule has 0 bridgehead atoms. The Hall–Kier alpha value is -1.76. The summed E-state index contributed by atoms with van der Waals surface area (Å²) in [6.07, 6.45) is 2.68. The van der Waals surface area contributed by atoms with Crippen LogP contribution in [0.2, 0.25) is 0 Å². The number of aryl methyl sites for hydroxylation is 1. The van der Waals surface area contributed by atoms with Crippen LogP contribution in [0, 0.1) is 0 Å². The second-order valence-corrected chi connectivity index (χ2v) is 4.55. The quantitative estimate of drug-likeness (QED) is 0.728. The van der Waals surface area contributed by atoms with Crippen LogP contribution in [0.5, 0.6) is 0 Å². The molecule has 7 heteroatoms. The van der Waals surface area contributed by atoms with Gasteiger partial charge in [-0.15, -0.1) is 10.2 Å². The molecule has 19 heavy (non-hydrogen) atoms. The van der Waals surface area contributed by atoms with E-state index in [1.54, 1.807) is 6.33 Å². The Kier molecular flexibility index (Phi) is 4.26. The van der Waals surface area contributed by atoms with E-state index in [9.17, 15) is 9.59 Å². The lowest BCUT2D eigenvalue weighted by molar-refractivity contribution is -0.138. The summed E-state index contributed by atoms with van der Waals surface area (Å²) in [5.74, 6) is 0.549. The molecule has 0 aliphatic carbocycles. The van der Waals surface area contributed by atoms with Crippen molar-refractivity contribution in [3.63, 3.8) is 0 Å². The number of aromatic nitrogens is 3. The molecular weight excluding hydrogens is 246 g/mol.